The summed E-state index contributed by atoms with van der Waals surface area (Å²) in [6, 6.07) is 21.7. The van der Waals surface area contributed by atoms with Gasteiger partial charge in [-0.05, 0) is 41.8 Å². The van der Waals surface area contributed by atoms with Crippen LogP contribution in [0.15, 0.2) is 88.7 Å². The van der Waals surface area contributed by atoms with E-state index in [0.29, 0.717) is 16.9 Å². The molecule has 0 aliphatic carbocycles. The highest BCUT2D eigenvalue weighted by Gasteiger charge is 2.32. The lowest BCUT2D eigenvalue weighted by molar-refractivity contribution is -0.387. The van der Waals surface area contributed by atoms with Gasteiger partial charge < -0.3 is 15.0 Å². The molecule has 0 radical (unpaired) electrons. The van der Waals surface area contributed by atoms with Crippen LogP contribution in [-0.4, -0.2) is 58.9 Å². The molecule has 1 fully saturated rings. The SMILES string of the molecule is Cc1ccccc1Sc1ccc(C=CC(=O)N2CCN(C(=O)OCc3ccccc3)C(NC=O)C2)cc1[N+](=O)[O-]. The average molecular weight is 561 g/mol. The van der Waals surface area contributed by atoms with Gasteiger partial charge in [-0.3, -0.25) is 24.6 Å². The van der Waals surface area contributed by atoms with Crippen molar-refractivity contribution in [3.8, 4) is 0 Å². The predicted molar refractivity (Wildman–Crippen MR) is 150 cm³/mol. The van der Waals surface area contributed by atoms with Gasteiger partial charge in [0.15, 0.2) is 0 Å². The lowest BCUT2D eigenvalue weighted by atomic mass is 10.2. The van der Waals surface area contributed by atoms with E-state index < -0.39 is 17.2 Å². The summed E-state index contributed by atoms with van der Waals surface area (Å²) in [4.78, 5) is 52.4. The van der Waals surface area contributed by atoms with E-state index in [1.54, 1.807) is 12.1 Å². The zero-order valence-electron chi connectivity index (χ0n) is 21.8. The molecule has 0 saturated carbocycles. The maximum absolute atomic E-state index is 12.9. The largest absolute Gasteiger partial charge is 0.444 e. The van der Waals surface area contributed by atoms with Crippen molar-refractivity contribution in [2.45, 2.75) is 29.5 Å². The maximum Gasteiger partial charge on any atom is 0.411 e. The summed E-state index contributed by atoms with van der Waals surface area (Å²) in [5.74, 6) is -0.351. The molecule has 206 valence electrons. The standard InChI is InChI=1S/C29H28N4O6S/c1-21-7-5-6-10-25(21)40-26-13-11-22(17-24(26)33(37)38)12-14-28(35)31-15-16-32(27(18-31)30-20-34)29(36)39-19-23-8-3-2-4-9-23/h2-14,17,20,27H,15-16,18-19H2,1H3,(H,30,34). The lowest BCUT2D eigenvalue weighted by Crippen LogP contribution is -2.61. The number of rotatable bonds is 9. The van der Waals surface area contributed by atoms with E-state index in [9.17, 15) is 24.5 Å². The summed E-state index contributed by atoms with van der Waals surface area (Å²) in [7, 11) is 0. The van der Waals surface area contributed by atoms with Crippen molar-refractivity contribution in [2.75, 3.05) is 19.6 Å². The molecule has 40 heavy (non-hydrogen) atoms. The van der Waals surface area contributed by atoms with Crippen LogP contribution in [0.1, 0.15) is 16.7 Å². The van der Waals surface area contributed by atoms with Crippen LogP contribution in [0.4, 0.5) is 10.5 Å². The van der Waals surface area contributed by atoms with Crippen LogP contribution in [0.5, 0.6) is 0 Å². The van der Waals surface area contributed by atoms with Gasteiger partial charge in [0, 0.05) is 30.1 Å². The van der Waals surface area contributed by atoms with Gasteiger partial charge in [0.2, 0.25) is 12.3 Å². The molecule has 0 aromatic heterocycles. The Hall–Kier alpha value is -4.64. The Morgan fingerprint density at radius 3 is 2.55 bits per heavy atom. The third-order valence-corrected chi connectivity index (χ3v) is 7.55. The molecule has 1 atom stereocenters. The fourth-order valence-electron chi connectivity index (χ4n) is 4.15. The number of benzene rings is 3. The molecule has 0 spiro atoms. The molecule has 3 amide bonds. The van der Waals surface area contributed by atoms with E-state index in [0.717, 1.165) is 16.0 Å². The average Bonchev–Trinajstić information content (AvgIpc) is 2.97. The second-order valence-corrected chi connectivity index (χ2v) is 10.1. The molecular weight excluding hydrogens is 532 g/mol. The fourth-order valence-corrected chi connectivity index (χ4v) is 5.14. The fraction of sp³-hybridized carbons (Fsp3) is 0.207. The van der Waals surface area contributed by atoms with Crippen molar-refractivity contribution in [3.63, 3.8) is 0 Å². The summed E-state index contributed by atoms with van der Waals surface area (Å²) in [6.45, 7) is 2.49. The molecule has 1 aliphatic heterocycles. The molecule has 10 nitrogen and oxygen atoms in total. The van der Waals surface area contributed by atoms with Gasteiger partial charge in [-0.2, -0.15) is 0 Å². The highest BCUT2D eigenvalue weighted by atomic mass is 32.2. The number of nitro groups is 1. The number of amides is 3. The first-order chi connectivity index (χ1) is 19.4. The zero-order valence-corrected chi connectivity index (χ0v) is 22.6. The topological polar surface area (TPSA) is 122 Å². The number of nitrogens with zero attached hydrogens (tertiary/aromatic N) is 3. The number of hydrogen-bond donors (Lipinski definition) is 1. The highest BCUT2D eigenvalue weighted by Crippen LogP contribution is 2.37. The van der Waals surface area contributed by atoms with Crippen LogP contribution in [0.2, 0.25) is 0 Å². The zero-order chi connectivity index (χ0) is 28.5. The van der Waals surface area contributed by atoms with E-state index >= 15 is 0 Å². The molecule has 1 saturated heterocycles. The van der Waals surface area contributed by atoms with Crippen molar-refractivity contribution in [1.29, 1.82) is 0 Å². The Bertz CT molecular complexity index is 1410. The molecule has 0 bridgehead atoms. The van der Waals surface area contributed by atoms with E-state index in [1.807, 2.05) is 61.5 Å². The lowest BCUT2D eigenvalue weighted by Gasteiger charge is -2.39. The van der Waals surface area contributed by atoms with E-state index in [4.69, 9.17) is 4.74 Å². The van der Waals surface area contributed by atoms with Gasteiger partial charge in [0.25, 0.3) is 5.69 Å². The van der Waals surface area contributed by atoms with E-state index in [2.05, 4.69) is 5.32 Å². The first-order valence-electron chi connectivity index (χ1n) is 12.5. The van der Waals surface area contributed by atoms with Gasteiger partial charge in [-0.25, -0.2) is 4.79 Å². The molecule has 1 heterocycles. The van der Waals surface area contributed by atoms with Crippen LogP contribution < -0.4 is 5.32 Å². The van der Waals surface area contributed by atoms with Crippen molar-refractivity contribution < 1.29 is 24.0 Å². The minimum absolute atomic E-state index is 0.0549. The molecule has 1 N–H and O–H groups in total. The third-order valence-electron chi connectivity index (χ3n) is 6.30. The van der Waals surface area contributed by atoms with Crippen molar-refractivity contribution in [2.24, 2.45) is 0 Å². The van der Waals surface area contributed by atoms with Gasteiger partial charge in [-0.15, -0.1) is 0 Å². The highest BCUT2D eigenvalue weighted by molar-refractivity contribution is 7.99. The molecular formula is C29H28N4O6S. The van der Waals surface area contributed by atoms with E-state index in [1.165, 1.54) is 39.8 Å². The summed E-state index contributed by atoms with van der Waals surface area (Å²) in [5.41, 5.74) is 2.29. The molecule has 3 aromatic rings. The quantitative estimate of drug-likeness (QED) is 0.175. The number of carbonyl (C=O) groups excluding carboxylic acids is 3. The summed E-state index contributed by atoms with van der Waals surface area (Å²) in [6.07, 6.45) is 1.96. The van der Waals surface area contributed by atoms with Crippen molar-refractivity contribution >= 4 is 41.9 Å². The van der Waals surface area contributed by atoms with E-state index in [-0.39, 0.29) is 37.8 Å². The normalized spacial score (nSPS) is 15.1. The Kier molecular flexibility index (Phi) is 9.53. The van der Waals surface area contributed by atoms with Crippen LogP contribution >= 0.6 is 11.8 Å². The monoisotopic (exact) mass is 560 g/mol. The van der Waals surface area contributed by atoms with Gasteiger partial charge >= 0.3 is 6.09 Å². The third kappa shape index (κ3) is 7.26. The Morgan fingerprint density at radius 1 is 1.07 bits per heavy atom. The van der Waals surface area contributed by atoms with Gasteiger partial charge in [0.05, 0.1) is 16.4 Å². The van der Waals surface area contributed by atoms with Crippen LogP contribution in [0.25, 0.3) is 6.08 Å². The van der Waals surface area contributed by atoms with Crippen molar-refractivity contribution in [1.82, 2.24) is 15.1 Å². The number of carbonyl (C=O) groups is 3. The second kappa shape index (κ2) is 13.4. The Balaban J connectivity index is 1.40. The van der Waals surface area contributed by atoms with Crippen LogP contribution in [0.3, 0.4) is 0 Å². The number of nitrogens with one attached hydrogen (secondary N) is 1. The minimum atomic E-state index is -0.759. The number of hydrogen-bond acceptors (Lipinski definition) is 7. The predicted octanol–water partition coefficient (Wildman–Crippen LogP) is 4.62. The van der Waals surface area contributed by atoms with Crippen LogP contribution in [0, 0.1) is 17.0 Å². The van der Waals surface area contributed by atoms with Crippen LogP contribution in [-0.2, 0) is 20.9 Å². The Labute approximate surface area is 235 Å². The number of aryl methyl sites for hydroxylation is 1. The summed E-state index contributed by atoms with van der Waals surface area (Å²) >= 11 is 1.32. The molecule has 4 rings (SSSR count). The smallest absolute Gasteiger partial charge is 0.411 e. The molecule has 1 aliphatic rings. The Morgan fingerprint density at radius 2 is 1.82 bits per heavy atom. The maximum atomic E-state index is 12.9. The summed E-state index contributed by atoms with van der Waals surface area (Å²) < 4.78 is 5.39. The van der Waals surface area contributed by atoms with Crippen molar-refractivity contribution in [3.05, 3.63) is 106 Å². The first-order valence-corrected chi connectivity index (χ1v) is 13.3. The first kappa shape index (κ1) is 28.4. The number of ether oxygens (including phenoxy) is 1. The molecule has 3 aromatic carbocycles. The minimum Gasteiger partial charge on any atom is -0.444 e. The molecule has 11 heteroatoms. The van der Waals surface area contributed by atoms with Gasteiger partial charge in [0.1, 0.15) is 12.8 Å². The number of nitro benzene ring substituents is 1. The number of piperazine rings is 1. The summed E-state index contributed by atoms with van der Waals surface area (Å²) in [5, 5.41) is 14.3. The molecule has 1 unspecified atom stereocenters. The van der Waals surface area contributed by atoms with Gasteiger partial charge in [-0.1, -0.05) is 66.4 Å². The second-order valence-electron chi connectivity index (χ2n) is 9.00.